The second kappa shape index (κ2) is 5.66. The summed E-state index contributed by atoms with van der Waals surface area (Å²) in [5.74, 6) is 0.606. The van der Waals surface area contributed by atoms with E-state index in [0.29, 0.717) is 5.88 Å². The summed E-state index contributed by atoms with van der Waals surface area (Å²) in [7, 11) is 3.39. The number of hydrogen-bond donors (Lipinski definition) is 1. The monoisotopic (exact) mass is 270 g/mol. The van der Waals surface area contributed by atoms with Gasteiger partial charge in [0.2, 0.25) is 5.88 Å². The lowest BCUT2D eigenvalue weighted by Crippen LogP contribution is -2.10. The number of nitriles is 1. The van der Waals surface area contributed by atoms with Crippen LogP contribution in [0.2, 0.25) is 0 Å². The van der Waals surface area contributed by atoms with Gasteiger partial charge in [-0.25, -0.2) is 4.68 Å². The number of anilines is 1. The van der Waals surface area contributed by atoms with Crippen molar-refractivity contribution in [2.75, 3.05) is 12.4 Å². The van der Waals surface area contributed by atoms with E-state index in [1.165, 1.54) is 0 Å². The van der Waals surface area contributed by atoms with E-state index in [1.807, 2.05) is 38.1 Å². The molecule has 2 aromatic rings. The van der Waals surface area contributed by atoms with Crippen molar-refractivity contribution in [1.82, 2.24) is 9.78 Å². The average Bonchev–Trinajstić information content (AvgIpc) is 2.70. The molecule has 1 N–H and O–H groups in total. The van der Waals surface area contributed by atoms with E-state index in [1.54, 1.807) is 18.8 Å². The zero-order valence-electron chi connectivity index (χ0n) is 12.1. The van der Waals surface area contributed by atoms with Gasteiger partial charge in [-0.3, -0.25) is 0 Å². The van der Waals surface area contributed by atoms with Gasteiger partial charge in [-0.1, -0.05) is 12.1 Å². The number of benzene rings is 1. The molecule has 0 amide bonds. The van der Waals surface area contributed by atoms with Crippen molar-refractivity contribution in [1.29, 1.82) is 5.26 Å². The first-order valence-corrected chi connectivity index (χ1v) is 6.37. The molecule has 1 atom stereocenters. The fraction of sp³-hybridized carbons (Fsp3) is 0.333. The summed E-state index contributed by atoms with van der Waals surface area (Å²) in [5, 5.41) is 17.0. The van der Waals surface area contributed by atoms with Crippen LogP contribution in [0.5, 0.6) is 5.88 Å². The standard InChI is InChI=1S/C15H18N4O/c1-10-6-5-7-12(8-10)17-13(9-16)14-11(2)18-19(3)15(14)20-4/h5-8,13,17H,1-4H3. The van der Waals surface area contributed by atoms with Gasteiger partial charge in [0.05, 0.1) is 24.4 Å². The van der Waals surface area contributed by atoms with Crippen LogP contribution in [0.1, 0.15) is 22.9 Å². The van der Waals surface area contributed by atoms with E-state index in [9.17, 15) is 5.26 Å². The van der Waals surface area contributed by atoms with Crippen LogP contribution in [-0.2, 0) is 7.05 Å². The Morgan fingerprint density at radius 1 is 1.40 bits per heavy atom. The topological polar surface area (TPSA) is 62.9 Å². The molecule has 0 radical (unpaired) electrons. The zero-order chi connectivity index (χ0) is 14.7. The quantitative estimate of drug-likeness (QED) is 0.927. The number of ether oxygens (including phenoxy) is 1. The maximum absolute atomic E-state index is 9.46. The first kappa shape index (κ1) is 13.9. The Balaban J connectivity index is 2.37. The number of rotatable bonds is 4. The van der Waals surface area contributed by atoms with Crippen LogP contribution in [0.4, 0.5) is 5.69 Å². The minimum absolute atomic E-state index is 0.500. The molecule has 1 unspecified atom stereocenters. The van der Waals surface area contributed by atoms with Crippen LogP contribution in [0.25, 0.3) is 0 Å². The first-order valence-electron chi connectivity index (χ1n) is 6.37. The van der Waals surface area contributed by atoms with Crippen molar-refractivity contribution in [2.24, 2.45) is 7.05 Å². The Bertz CT molecular complexity index is 654. The van der Waals surface area contributed by atoms with Gasteiger partial charge in [0.15, 0.2) is 0 Å². The first-order chi connectivity index (χ1) is 9.56. The number of methoxy groups -OCH3 is 1. The molecule has 0 aliphatic rings. The predicted octanol–water partition coefficient (Wildman–Crippen LogP) is 2.72. The van der Waals surface area contributed by atoms with Crippen molar-refractivity contribution >= 4 is 5.69 Å². The molecule has 20 heavy (non-hydrogen) atoms. The molecular formula is C15H18N4O. The maximum atomic E-state index is 9.46. The van der Waals surface area contributed by atoms with Crippen LogP contribution < -0.4 is 10.1 Å². The Kier molecular flexibility index (Phi) is 3.94. The Morgan fingerprint density at radius 2 is 2.15 bits per heavy atom. The summed E-state index contributed by atoms with van der Waals surface area (Å²) < 4.78 is 7.00. The molecular weight excluding hydrogens is 252 g/mol. The molecule has 1 aromatic carbocycles. The van der Waals surface area contributed by atoms with Gasteiger partial charge >= 0.3 is 0 Å². The zero-order valence-corrected chi connectivity index (χ0v) is 12.1. The number of hydrogen-bond acceptors (Lipinski definition) is 4. The Labute approximate surface area is 118 Å². The molecule has 5 nitrogen and oxygen atoms in total. The van der Waals surface area contributed by atoms with Crippen LogP contribution in [0.3, 0.4) is 0 Å². The second-order valence-electron chi connectivity index (χ2n) is 4.71. The molecule has 0 saturated carbocycles. The van der Waals surface area contributed by atoms with Gasteiger partial charge in [-0.05, 0) is 31.5 Å². The summed E-state index contributed by atoms with van der Waals surface area (Å²) in [6.45, 7) is 3.89. The van der Waals surface area contributed by atoms with Crippen LogP contribution >= 0.6 is 0 Å². The van der Waals surface area contributed by atoms with Crippen LogP contribution in [-0.4, -0.2) is 16.9 Å². The van der Waals surface area contributed by atoms with Crippen molar-refractivity contribution in [2.45, 2.75) is 19.9 Å². The highest BCUT2D eigenvalue weighted by atomic mass is 16.5. The fourth-order valence-electron chi connectivity index (χ4n) is 2.30. The van der Waals surface area contributed by atoms with E-state index >= 15 is 0 Å². The summed E-state index contributed by atoms with van der Waals surface area (Å²) in [6.07, 6.45) is 0. The number of nitrogens with zero attached hydrogens (tertiary/aromatic N) is 3. The molecule has 0 aliphatic heterocycles. The van der Waals surface area contributed by atoms with Gasteiger partial charge in [0, 0.05) is 12.7 Å². The normalized spacial score (nSPS) is 11.8. The second-order valence-corrected chi connectivity index (χ2v) is 4.71. The van der Waals surface area contributed by atoms with Crippen molar-refractivity contribution < 1.29 is 4.74 Å². The number of aromatic nitrogens is 2. The Hall–Kier alpha value is -2.48. The highest BCUT2D eigenvalue weighted by molar-refractivity contribution is 5.51. The largest absolute Gasteiger partial charge is 0.481 e. The molecule has 104 valence electrons. The van der Waals surface area contributed by atoms with Gasteiger partial charge in [0.1, 0.15) is 6.04 Å². The molecule has 2 rings (SSSR count). The summed E-state index contributed by atoms with van der Waals surface area (Å²) >= 11 is 0. The third-order valence-electron chi connectivity index (χ3n) is 3.15. The minimum Gasteiger partial charge on any atom is -0.481 e. The summed E-state index contributed by atoms with van der Waals surface area (Å²) in [6, 6.07) is 9.69. The van der Waals surface area contributed by atoms with Crippen LogP contribution in [0, 0.1) is 25.2 Å². The van der Waals surface area contributed by atoms with Crippen molar-refractivity contribution in [3.63, 3.8) is 0 Å². The van der Waals surface area contributed by atoms with Crippen LogP contribution in [0.15, 0.2) is 24.3 Å². The highest BCUT2D eigenvalue weighted by Crippen LogP contribution is 2.30. The molecule has 1 aromatic heterocycles. The van der Waals surface area contributed by atoms with Gasteiger partial charge < -0.3 is 10.1 Å². The smallest absolute Gasteiger partial charge is 0.218 e. The summed E-state index contributed by atoms with van der Waals surface area (Å²) in [5.41, 5.74) is 3.61. The highest BCUT2D eigenvalue weighted by Gasteiger charge is 2.23. The third kappa shape index (κ3) is 2.59. The average molecular weight is 270 g/mol. The number of nitrogens with one attached hydrogen (secondary N) is 1. The molecule has 0 spiro atoms. The minimum atomic E-state index is -0.500. The molecule has 5 heteroatoms. The molecule has 0 aliphatic carbocycles. The van der Waals surface area contributed by atoms with E-state index in [-0.39, 0.29) is 0 Å². The van der Waals surface area contributed by atoms with Gasteiger partial charge in [-0.15, -0.1) is 0 Å². The predicted molar refractivity (Wildman–Crippen MR) is 77.7 cm³/mol. The lowest BCUT2D eigenvalue weighted by atomic mass is 10.1. The fourth-order valence-corrected chi connectivity index (χ4v) is 2.30. The van der Waals surface area contributed by atoms with Gasteiger partial charge in [0.25, 0.3) is 0 Å². The Morgan fingerprint density at radius 3 is 2.75 bits per heavy atom. The van der Waals surface area contributed by atoms with E-state index in [2.05, 4.69) is 16.5 Å². The van der Waals surface area contributed by atoms with E-state index in [4.69, 9.17) is 4.74 Å². The maximum Gasteiger partial charge on any atom is 0.218 e. The SMILES string of the molecule is COc1c(C(C#N)Nc2cccc(C)c2)c(C)nn1C. The lowest BCUT2D eigenvalue weighted by Gasteiger charge is -2.14. The van der Waals surface area contributed by atoms with Gasteiger partial charge in [-0.2, -0.15) is 10.4 Å². The summed E-state index contributed by atoms with van der Waals surface area (Å²) in [4.78, 5) is 0. The number of aryl methyl sites for hydroxylation is 3. The third-order valence-corrected chi connectivity index (χ3v) is 3.15. The molecule has 0 fully saturated rings. The van der Waals surface area contributed by atoms with E-state index in [0.717, 1.165) is 22.5 Å². The van der Waals surface area contributed by atoms with Crippen molar-refractivity contribution in [3.05, 3.63) is 41.1 Å². The molecule has 0 saturated heterocycles. The van der Waals surface area contributed by atoms with Crippen molar-refractivity contribution in [3.8, 4) is 11.9 Å². The molecule has 1 heterocycles. The molecule has 0 bridgehead atoms. The van der Waals surface area contributed by atoms with E-state index < -0.39 is 6.04 Å². The lowest BCUT2D eigenvalue weighted by molar-refractivity contribution is 0.369.